The fourth-order valence-corrected chi connectivity index (χ4v) is 5.74. The molecule has 0 radical (unpaired) electrons. The Balaban J connectivity index is 2.27. The number of ether oxygens (including phenoxy) is 1. The maximum Gasteiger partial charge on any atom is 0.192 e. The van der Waals surface area contributed by atoms with Crippen molar-refractivity contribution in [2.45, 2.75) is 174 Å². The summed E-state index contributed by atoms with van der Waals surface area (Å²) in [4.78, 5) is 0. The Bertz CT molecular complexity index is 416. The molecule has 1 fully saturated rings. The molecule has 1 aliphatic rings. The summed E-state index contributed by atoms with van der Waals surface area (Å²) in [5.41, 5.74) is 0. The van der Waals surface area contributed by atoms with Crippen molar-refractivity contribution < 1.29 is 9.16 Å². The zero-order valence-electron chi connectivity index (χ0n) is 21.9. The van der Waals surface area contributed by atoms with Gasteiger partial charge in [0, 0.05) is 0 Å². The van der Waals surface area contributed by atoms with E-state index in [4.69, 9.17) is 9.16 Å². The van der Waals surface area contributed by atoms with Gasteiger partial charge in [0.15, 0.2) is 8.32 Å². The first-order valence-corrected chi connectivity index (χ1v) is 16.5. The quantitative estimate of drug-likeness (QED) is 0.165. The zero-order valence-corrected chi connectivity index (χ0v) is 22.9. The van der Waals surface area contributed by atoms with E-state index < -0.39 is 8.32 Å². The van der Waals surface area contributed by atoms with Crippen LogP contribution < -0.4 is 0 Å². The summed E-state index contributed by atoms with van der Waals surface area (Å²) in [6, 6.07) is 0. The summed E-state index contributed by atoms with van der Waals surface area (Å²) in [7, 11) is -1.74. The van der Waals surface area contributed by atoms with Crippen LogP contribution in [0.2, 0.25) is 18.1 Å². The second-order valence-corrected chi connectivity index (χ2v) is 16.2. The predicted octanol–water partition coefficient (Wildman–Crippen LogP) is 9.43. The van der Waals surface area contributed by atoms with Crippen molar-refractivity contribution in [3.63, 3.8) is 0 Å². The molecule has 0 aromatic heterocycles. The zero-order chi connectivity index (χ0) is 22.5. The van der Waals surface area contributed by atoms with Crippen LogP contribution in [0.4, 0.5) is 0 Å². The van der Waals surface area contributed by atoms with Gasteiger partial charge in [0.2, 0.25) is 0 Å². The van der Waals surface area contributed by atoms with Crippen LogP contribution in [-0.4, -0.2) is 26.6 Å². The van der Waals surface area contributed by atoms with Crippen LogP contribution in [0.3, 0.4) is 0 Å². The molecular weight excluding hydrogens is 384 g/mol. The highest BCUT2D eigenvalue weighted by molar-refractivity contribution is 6.74. The lowest BCUT2D eigenvalue weighted by molar-refractivity contribution is -0.0345. The molecule has 1 rings (SSSR count). The summed E-state index contributed by atoms with van der Waals surface area (Å²) in [5.74, 6) is 0. The molecular formula is C27H56O2Si. The second kappa shape index (κ2) is 15.1. The number of hydrogen-bond donors (Lipinski definition) is 0. The van der Waals surface area contributed by atoms with Gasteiger partial charge in [-0.05, 0) is 43.8 Å². The minimum absolute atomic E-state index is 0.269. The first-order valence-electron chi connectivity index (χ1n) is 13.5. The van der Waals surface area contributed by atoms with Crippen LogP contribution in [0.25, 0.3) is 0 Å². The molecule has 0 aromatic carbocycles. The van der Waals surface area contributed by atoms with Crippen molar-refractivity contribution in [1.82, 2.24) is 0 Å². The molecule has 0 saturated carbocycles. The molecule has 3 atom stereocenters. The normalized spacial score (nSPS) is 21.3. The van der Waals surface area contributed by atoms with Crippen molar-refractivity contribution in [1.29, 1.82) is 0 Å². The third-order valence-corrected chi connectivity index (χ3v) is 12.0. The monoisotopic (exact) mass is 440 g/mol. The lowest BCUT2D eigenvalue weighted by atomic mass is 10.0. The summed E-state index contributed by atoms with van der Waals surface area (Å²) >= 11 is 0. The lowest BCUT2D eigenvalue weighted by Gasteiger charge is -2.41. The molecule has 2 nitrogen and oxygen atoms in total. The largest absolute Gasteiger partial charge is 0.411 e. The molecule has 30 heavy (non-hydrogen) atoms. The molecule has 0 aromatic rings. The van der Waals surface area contributed by atoms with Crippen LogP contribution in [0.1, 0.15) is 137 Å². The molecule has 1 aliphatic heterocycles. The third-order valence-electron chi connectivity index (χ3n) is 7.53. The van der Waals surface area contributed by atoms with Gasteiger partial charge in [-0.1, -0.05) is 112 Å². The Morgan fingerprint density at radius 2 is 1.33 bits per heavy atom. The van der Waals surface area contributed by atoms with Gasteiger partial charge in [-0.25, -0.2) is 0 Å². The van der Waals surface area contributed by atoms with Crippen LogP contribution in [0, 0.1) is 0 Å². The third kappa shape index (κ3) is 11.1. The topological polar surface area (TPSA) is 18.5 Å². The predicted molar refractivity (Wildman–Crippen MR) is 136 cm³/mol. The Morgan fingerprint density at radius 1 is 0.800 bits per heavy atom. The number of rotatable bonds is 17. The SMILES string of the molecule is CCCCCCCCCCCCC1CC[C@@H]([C@H](CCCC)O[Si](C)(C)C(C)(C)C)O1. The van der Waals surface area contributed by atoms with Crippen molar-refractivity contribution in [2.24, 2.45) is 0 Å². The second-order valence-electron chi connectivity index (χ2n) is 11.4. The van der Waals surface area contributed by atoms with Gasteiger partial charge in [-0.15, -0.1) is 0 Å². The lowest BCUT2D eigenvalue weighted by Crippen LogP contribution is -2.47. The smallest absolute Gasteiger partial charge is 0.192 e. The van der Waals surface area contributed by atoms with Crippen LogP contribution in [0.5, 0.6) is 0 Å². The average molecular weight is 441 g/mol. The Kier molecular flexibility index (Phi) is 14.1. The van der Waals surface area contributed by atoms with Gasteiger partial charge in [0.1, 0.15) is 0 Å². The number of unbranched alkanes of at least 4 members (excludes halogenated alkanes) is 10. The van der Waals surface area contributed by atoms with Crippen molar-refractivity contribution in [3.8, 4) is 0 Å². The molecule has 1 heterocycles. The van der Waals surface area contributed by atoms with Gasteiger partial charge in [-0.3, -0.25) is 0 Å². The van der Waals surface area contributed by atoms with Crippen LogP contribution in [-0.2, 0) is 9.16 Å². The molecule has 0 N–H and O–H groups in total. The van der Waals surface area contributed by atoms with Gasteiger partial charge in [-0.2, -0.15) is 0 Å². The molecule has 0 spiro atoms. The van der Waals surface area contributed by atoms with E-state index in [-0.39, 0.29) is 5.04 Å². The van der Waals surface area contributed by atoms with Crippen LogP contribution >= 0.6 is 0 Å². The first kappa shape index (κ1) is 28.2. The maximum absolute atomic E-state index is 6.86. The van der Waals surface area contributed by atoms with Crippen molar-refractivity contribution in [3.05, 3.63) is 0 Å². The van der Waals surface area contributed by atoms with E-state index in [0.29, 0.717) is 18.3 Å². The van der Waals surface area contributed by atoms with E-state index in [9.17, 15) is 0 Å². The molecule has 0 aliphatic carbocycles. The molecule has 3 heteroatoms. The van der Waals surface area contributed by atoms with E-state index in [1.807, 2.05) is 0 Å². The Hall–Kier alpha value is 0.137. The van der Waals surface area contributed by atoms with Crippen molar-refractivity contribution >= 4 is 8.32 Å². The highest BCUT2D eigenvalue weighted by Gasteiger charge is 2.42. The molecule has 0 amide bonds. The highest BCUT2D eigenvalue weighted by Crippen LogP contribution is 2.40. The molecule has 1 unspecified atom stereocenters. The van der Waals surface area contributed by atoms with Crippen molar-refractivity contribution in [2.75, 3.05) is 0 Å². The van der Waals surface area contributed by atoms with Gasteiger partial charge < -0.3 is 9.16 Å². The van der Waals surface area contributed by atoms with Gasteiger partial charge in [0.05, 0.1) is 18.3 Å². The van der Waals surface area contributed by atoms with E-state index >= 15 is 0 Å². The van der Waals surface area contributed by atoms with E-state index in [2.05, 4.69) is 47.7 Å². The highest BCUT2D eigenvalue weighted by atomic mass is 28.4. The summed E-state index contributed by atoms with van der Waals surface area (Å²) in [6.45, 7) is 16.4. The van der Waals surface area contributed by atoms with E-state index in [0.717, 1.165) is 0 Å². The Morgan fingerprint density at radius 3 is 1.87 bits per heavy atom. The fraction of sp³-hybridized carbons (Fsp3) is 1.00. The van der Waals surface area contributed by atoms with Gasteiger partial charge >= 0.3 is 0 Å². The summed E-state index contributed by atoms with van der Waals surface area (Å²) < 4.78 is 13.4. The average Bonchev–Trinajstić information content (AvgIpc) is 3.14. The fourth-order valence-electron chi connectivity index (χ4n) is 4.36. The standard InChI is InChI=1S/C27H56O2Si/c1-8-10-12-13-14-15-16-17-18-19-20-24-22-23-25(28-24)26(21-11-9-2)29-30(6,7)27(3,4)5/h24-26H,8-23H2,1-7H3/t24?,25-,26-/m0/s1. The molecule has 0 bridgehead atoms. The Labute approximate surface area is 191 Å². The first-order chi connectivity index (χ1) is 14.2. The van der Waals surface area contributed by atoms with Crippen LogP contribution in [0.15, 0.2) is 0 Å². The van der Waals surface area contributed by atoms with E-state index in [1.54, 1.807) is 0 Å². The van der Waals surface area contributed by atoms with E-state index in [1.165, 1.54) is 103 Å². The molecule has 1 saturated heterocycles. The summed E-state index contributed by atoms with van der Waals surface area (Å²) in [6.07, 6.45) is 22.6. The minimum Gasteiger partial charge on any atom is -0.411 e. The van der Waals surface area contributed by atoms with Gasteiger partial charge in [0.25, 0.3) is 0 Å². The summed E-state index contributed by atoms with van der Waals surface area (Å²) in [5, 5.41) is 0.269. The maximum atomic E-state index is 6.86. The molecule has 180 valence electrons. The minimum atomic E-state index is -1.74. The number of hydrogen-bond acceptors (Lipinski definition) is 2.